The Morgan fingerprint density at radius 2 is 1.96 bits per heavy atom. The summed E-state index contributed by atoms with van der Waals surface area (Å²) in [6.45, 7) is 5.90. The van der Waals surface area contributed by atoms with Crippen molar-refractivity contribution in [1.82, 2.24) is 19.6 Å². The van der Waals surface area contributed by atoms with Crippen LogP contribution in [0.25, 0.3) is 22.2 Å². The summed E-state index contributed by atoms with van der Waals surface area (Å²) in [5.74, 6) is -0.300. The van der Waals surface area contributed by atoms with E-state index < -0.39 is 5.91 Å². The van der Waals surface area contributed by atoms with Crippen molar-refractivity contribution in [3.8, 4) is 11.3 Å². The number of amides is 1. The Bertz CT molecular complexity index is 913. The van der Waals surface area contributed by atoms with Crippen LogP contribution in [-0.4, -0.2) is 25.5 Å². The van der Waals surface area contributed by atoms with Crippen LogP contribution in [-0.2, 0) is 12.6 Å². The first kappa shape index (κ1) is 15.1. The van der Waals surface area contributed by atoms with Crippen molar-refractivity contribution in [3.05, 3.63) is 30.0 Å². The molecule has 120 valence electrons. The Kier molecular flexibility index (Phi) is 3.17. The van der Waals surface area contributed by atoms with E-state index in [0.717, 1.165) is 16.5 Å². The average molecular weight is 312 g/mol. The third-order valence-electron chi connectivity index (χ3n) is 3.82. The molecule has 0 radical (unpaired) electrons. The maximum atomic E-state index is 11.9. The summed E-state index contributed by atoms with van der Waals surface area (Å²) in [4.78, 5) is 11.9. The number of rotatable bonds is 2. The molecule has 0 atom stereocenters. The van der Waals surface area contributed by atoms with Gasteiger partial charge in [-0.1, -0.05) is 6.07 Å². The third kappa shape index (κ3) is 2.34. The van der Waals surface area contributed by atoms with Crippen LogP contribution in [0.3, 0.4) is 0 Å². The number of fused-ring (bicyclic) bond motifs is 1. The van der Waals surface area contributed by atoms with Gasteiger partial charge in [-0.25, -0.2) is 4.68 Å². The molecule has 0 aliphatic heterocycles. The first-order valence-corrected chi connectivity index (χ1v) is 7.31. The topological polar surface area (TPSA) is 105 Å². The van der Waals surface area contributed by atoms with Crippen molar-refractivity contribution in [2.24, 2.45) is 12.8 Å². The van der Waals surface area contributed by atoms with E-state index in [2.05, 4.69) is 10.2 Å². The standard InChI is InChI=1S/C16H20N6O/c1-16(2,3)22-14(17)12(15(18)23)13(20-22)9-5-6-11-10(7-9)8-19-21(11)4/h5-8H,17H2,1-4H3,(H2,18,23). The van der Waals surface area contributed by atoms with Gasteiger partial charge in [-0.2, -0.15) is 10.2 Å². The Morgan fingerprint density at radius 3 is 2.57 bits per heavy atom. The predicted molar refractivity (Wildman–Crippen MR) is 89.9 cm³/mol. The lowest BCUT2D eigenvalue weighted by atomic mass is 10.1. The van der Waals surface area contributed by atoms with Crippen LogP contribution in [0.4, 0.5) is 5.82 Å². The molecule has 0 spiro atoms. The zero-order chi connectivity index (χ0) is 16.9. The van der Waals surface area contributed by atoms with Crippen LogP contribution < -0.4 is 11.5 Å². The Morgan fingerprint density at radius 1 is 1.26 bits per heavy atom. The molecule has 2 aromatic heterocycles. The second kappa shape index (κ2) is 4.84. The molecule has 0 saturated heterocycles. The van der Waals surface area contributed by atoms with Gasteiger partial charge in [0.25, 0.3) is 5.91 Å². The first-order valence-electron chi connectivity index (χ1n) is 7.31. The molecule has 0 unspecified atom stereocenters. The van der Waals surface area contributed by atoms with Crippen LogP contribution in [0.1, 0.15) is 31.1 Å². The van der Waals surface area contributed by atoms with E-state index in [0.29, 0.717) is 5.69 Å². The van der Waals surface area contributed by atoms with Gasteiger partial charge in [-0.3, -0.25) is 9.48 Å². The Balaban J connectivity index is 2.26. The number of hydrogen-bond acceptors (Lipinski definition) is 4. The molecule has 0 bridgehead atoms. The predicted octanol–water partition coefficient (Wildman–Crippen LogP) is 1.87. The highest BCUT2D eigenvalue weighted by molar-refractivity contribution is 6.04. The fraction of sp³-hybridized carbons (Fsp3) is 0.312. The summed E-state index contributed by atoms with van der Waals surface area (Å²) in [6, 6.07) is 5.77. The van der Waals surface area contributed by atoms with Crippen molar-refractivity contribution >= 4 is 22.6 Å². The molecule has 1 aromatic carbocycles. The van der Waals surface area contributed by atoms with Gasteiger partial charge in [-0.15, -0.1) is 0 Å². The van der Waals surface area contributed by atoms with Gasteiger partial charge in [0.1, 0.15) is 17.1 Å². The molecule has 7 nitrogen and oxygen atoms in total. The van der Waals surface area contributed by atoms with E-state index in [1.165, 1.54) is 0 Å². The summed E-state index contributed by atoms with van der Waals surface area (Å²) in [7, 11) is 1.88. The zero-order valence-electron chi connectivity index (χ0n) is 13.7. The fourth-order valence-electron chi connectivity index (χ4n) is 2.70. The Hall–Kier alpha value is -2.83. The van der Waals surface area contributed by atoms with E-state index in [4.69, 9.17) is 11.5 Å². The molecule has 0 saturated carbocycles. The van der Waals surface area contributed by atoms with Crippen molar-refractivity contribution in [2.75, 3.05) is 5.73 Å². The lowest BCUT2D eigenvalue weighted by Gasteiger charge is -2.20. The molecule has 0 aliphatic rings. The highest BCUT2D eigenvalue weighted by Crippen LogP contribution is 2.32. The summed E-state index contributed by atoms with van der Waals surface area (Å²) >= 11 is 0. The number of primary amides is 1. The average Bonchev–Trinajstić information content (AvgIpc) is 2.99. The van der Waals surface area contributed by atoms with Crippen LogP contribution in [0.2, 0.25) is 0 Å². The second-order valence-corrected chi connectivity index (χ2v) is 6.60. The summed E-state index contributed by atoms with van der Waals surface area (Å²) in [6.07, 6.45) is 1.77. The van der Waals surface area contributed by atoms with Gasteiger partial charge in [0.15, 0.2) is 0 Å². The van der Waals surface area contributed by atoms with E-state index in [-0.39, 0.29) is 16.9 Å². The molecule has 1 amide bonds. The molecule has 7 heteroatoms. The van der Waals surface area contributed by atoms with E-state index in [9.17, 15) is 4.79 Å². The maximum Gasteiger partial charge on any atom is 0.254 e. The van der Waals surface area contributed by atoms with E-state index in [1.807, 2.05) is 46.0 Å². The molecule has 23 heavy (non-hydrogen) atoms. The lowest BCUT2D eigenvalue weighted by Crippen LogP contribution is -2.25. The number of aryl methyl sites for hydroxylation is 1. The number of carbonyl (C=O) groups is 1. The number of hydrogen-bond donors (Lipinski definition) is 2. The Labute approximate surface area is 133 Å². The van der Waals surface area contributed by atoms with Crippen LogP contribution in [0, 0.1) is 0 Å². The van der Waals surface area contributed by atoms with Gasteiger partial charge in [0.05, 0.1) is 17.3 Å². The minimum atomic E-state index is -0.584. The van der Waals surface area contributed by atoms with E-state index in [1.54, 1.807) is 15.6 Å². The fourth-order valence-corrected chi connectivity index (χ4v) is 2.70. The van der Waals surface area contributed by atoms with Gasteiger partial charge in [0, 0.05) is 18.0 Å². The molecular weight excluding hydrogens is 292 g/mol. The van der Waals surface area contributed by atoms with Gasteiger partial charge >= 0.3 is 0 Å². The molecule has 2 heterocycles. The van der Waals surface area contributed by atoms with Crippen LogP contribution >= 0.6 is 0 Å². The molecule has 0 aliphatic carbocycles. The highest BCUT2D eigenvalue weighted by atomic mass is 16.1. The van der Waals surface area contributed by atoms with Crippen molar-refractivity contribution in [1.29, 1.82) is 0 Å². The van der Waals surface area contributed by atoms with Crippen molar-refractivity contribution in [3.63, 3.8) is 0 Å². The molecule has 3 rings (SSSR count). The van der Waals surface area contributed by atoms with Crippen molar-refractivity contribution in [2.45, 2.75) is 26.3 Å². The van der Waals surface area contributed by atoms with Crippen molar-refractivity contribution < 1.29 is 4.79 Å². The van der Waals surface area contributed by atoms with Gasteiger partial charge in [-0.05, 0) is 32.9 Å². The summed E-state index contributed by atoms with van der Waals surface area (Å²) in [5, 5.41) is 9.74. The SMILES string of the molecule is Cn1ncc2cc(-c3nn(C(C)(C)C)c(N)c3C(N)=O)ccc21. The monoisotopic (exact) mass is 312 g/mol. The molecule has 4 N–H and O–H groups in total. The highest BCUT2D eigenvalue weighted by Gasteiger charge is 2.26. The summed E-state index contributed by atoms with van der Waals surface area (Å²) < 4.78 is 3.42. The number of nitrogens with zero attached hydrogens (tertiary/aromatic N) is 4. The minimum absolute atomic E-state index is 0.253. The smallest absolute Gasteiger partial charge is 0.254 e. The quantitative estimate of drug-likeness (QED) is 0.753. The number of nitrogens with two attached hydrogens (primary N) is 2. The third-order valence-corrected chi connectivity index (χ3v) is 3.82. The first-order chi connectivity index (χ1) is 10.7. The number of benzene rings is 1. The minimum Gasteiger partial charge on any atom is -0.383 e. The lowest BCUT2D eigenvalue weighted by molar-refractivity contribution is 0.100. The largest absolute Gasteiger partial charge is 0.383 e. The molecule has 3 aromatic rings. The van der Waals surface area contributed by atoms with Crippen LogP contribution in [0.5, 0.6) is 0 Å². The second-order valence-electron chi connectivity index (χ2n) is 6.60. The van der Waals surface area contributed by atoms with Gasteiger partial charge < -0.3 is 11.5 Å². The maximum absolute atomic E-state index is 11.9. The molecule has 0 fully saturated rings. The summed E-state index contributed by atoms with van der Waals surface area (Å²) in [5.41, 5.74) is 13.8. The zero-order valence-corrected chi connectivity index (χ0v) is 13.7. The van der Waals surface area contributed by atoms with E-state index >= 15 is 0 Å². The number of nitrogen functional groups attached to an aromatic ring is 1. The number of carbonyl (C=O) groups excluding carboxylic acids is 1. The molecular formula is C16H20N6O. The normalized spacial score (nSPS) is 12.0. The van der Waals surface area contributed by atoms with Gasteiger partial charge in [0.2, 0.25) is 0 Å². The number of anilines is 1. The number of aromatic nitrogens is 4. The van der Waals surface area contributed by atoms with Crippen LogP contribution in [0.15, 0.2) is 24.4 Å².